The number of carbonyl (C=O) groups is 1. The Balaban J connectivity index is 3.05. The third-order valence-corrected chi connectivity index (χ3v) is 3.69. The Kier molecular flexibility index (Phi) is 5.06. The fraction of sp³-hybridized carbons (Fsp3) is 0.533. The van der Waals surface area contributed by atoms with Crippen molar-refractivity contribution in [1.82, 2.24) is 4.90 Å². The molecule has 0 fully saturated rings. The van der Waals surface area contributed by atoms with Gasteiger partial charge in [0.1, 0.15) is 5.82 Å². The molecule has 4 heteroatoms. The second-order valence-electron chi connectivity index (χ2n) is 5.37. The van der Waals surface area contributed by atoms with E-state index in [1.165, 1.54) is 11.0 Å². The lowest BCUT2D eigenvalue weighted by Crippen LogP contribution is -2.41. The number of benzene rings is 1. The highest BCUT2D eigenvalue weighted by atomic mass is 19.1. The molecule has 3 nitrogen and oxygen atoms in total. The highest BCUT2D eigenvalue weighted by Crippen LogP contribution is 2.29. The maximum absolute atomic E-state index is 13.8. The first-order chi connectivity index (χ1) is 8.85. The summed E-state index contributed by atoms with van der Waals surface area (Å²) in [5.41, 5.74) is -0.180. The van der Waals surface area contributed by atoms with Crippen molar-refractivity contribution in [2.75, 3.05) is 13.7 Å². The van der Waals surface area contributed by atoms with Gasteiger partial charge in [0.05, 0.1) is 12.6 Å². The molecule has 1 rings (SSSR count). The molecule has 0 spiro atoms. The zero-order chi connectivity index (χ0) is 14.6. The lowest BCUT2D eigenvalue weighted by Gasteiger charge is -2.33. The summed E-state index contributed by atoms with van der Waals surface area (Å²) in [6.45, 7) is 5.33. The second kappa shape index (κ2) is 6.15. The van der Waals surface area contributed by atoms with Gasteiger partial charge in [-0.1, -0.05) is 39.0 Å². The molecule has 0 saturated heterocycles. The summed E-state index contributed by atoms with van der Waals surface area (Å²) in [6, 6.07) is 5.56. The summed E-state index contributed by atoms with van der Waals surface area (Å²) in [5.74, 6) is -0.507. The average molecular weight is 267 g/mol. The monoisotopic (exact) mass is 267 g/mol. The zero-order valence-corrected chi connectivity index (χ0v) is 12.0. The summed E-state index contributed by atoms with van der Waals surface area (Å²) >= 11 is 0. The predicted molar refractivity (Wildman–Crippen MR) is 73.1 cm³/mol. The van der Waals surface area contributed by atoms with Crippen LogP contribution in [0.15, 0.2) is 24.3 Å². The van der Waals surface area contributed by atoms with Crippen molar-refractivity contribution in [1.29, 1.82) is 0 Å². The Hall–Kier alpha value is -1.42. The van der Waals surface area contributed by atoms with Crippen LogP contribution in [0.5, 0.6) is 0 Å². The number of carbonyl (C=O) groups excluding carboxylic acids is 1. The van der Waals surface area contributed by atoms with E-state index < -0.39 is 17.3 Å². The lowest BCUT2D eigenvalue weighted by atomic mass is 9.88. The molecule has 19 heavy (non-hydrogen) atoms. The van der Waals surface area contributed by atoms with Crippen molar-refractivity contribution >= 4 is 5.91 Å². The maximum atomic E-state index is 13.8. The predicted octanol–water partition coefficient (Wildman–Crippen LogP) is 2.75. The van der Waals surface area contributed by atoms with Crippen molar-refractivity contribution in [3.05, 3.63) is 35.6 Å². The van der Waals surface area contributed by atoms with Gasteiger partial charge >= 0.3 is 0 Å². The Bertz CT molecular complexity index is 446. The molecular weight excluding hydrogens is 245 g/mol. The molecule has 0 aliphatic carbocycles. The van der Waals surface area contributed by atoms with Crippen LogP contribution in [0.2, 0.25) is 0 Å². The highest BCUT2D eigenvalue weighted by molar-refractivity contribution is 5.82. The van der Waals surface area contributed by atoms with Crippen LogP contribution in [0.4, 0.5) is 4.39 Å². The van der Waals surface area contributed by atoms with Gasteiger partial charge in [0.25, 0.3) is 0 Å². The Labute approximate surface area is 114 Å². The zero-order valence-electron chi connectivity index (χ0n) is 12.0. The molecule has 1 aromatic rings. The van der Waals surface area contributed by atoms with E-state index in [-0.39, 0.29) is 12.5 Å². The van der Waals surface area contributed by atoms with E-state index in [0.717, 1.165) is 0 Å². The Morgan fingerprint density at radius 2 is 2.00 bits per heavy atom. The first-order valence-corrected chi connectivity index (χ1v) is 6.47. The van der Waals surface area contributed by atoms with E-state index in [2.05, 4.69) is 0 Å². The molecule has 0 aromatic heterocycles. The van der Waals surface area contributed by atoms with Crippen molar-refractivity contribution in [2.24, 2.45) is 5.41 Å². The largest absolute Gasteiger partial charge is 0.394 e. The molecule has 0 aliphatic heterocycles. The van der Waals surface area contributed by atoms with Crippen LogP contribution in [0, 0.1) is 11.2 Å². The number of halogens is 1. The van der Waals surface area contributed by atoms with E-state index in [0.29, 0.717) is 12.0 Å². The van der Waals surface area contributed by atoms with Crippen molar-refractivity contribution < 1.29 is 14.3 Å². The molecule has 106 valence electrons. The number of hydrogen-bond donors (Lipinski definition) is 1. The molecule has 0 aliphatic rings. The Morgan fingerprint density at radius 3 is 2.47 bits per heavy atom. The van der Waals surface area contributed by atoms with Crippen LogP contribution in [-0.4, -0.2) is 29.6 Å². The number of nitrogens with zero attached hydrogens (tertiary/aromatic N) is 1. The minimum atomic E-state index is -0.653. The Morgan fingerprint density at radius 1 is 1.42 bits per heavy atom. The molecule has 1 aromatic carbocycles. The van der Waals surface area contributed by atoms with Crippen LogP contribution in [0.25, 0.3) is 0 Å². The molecule has 0 unspecified atom stereocenters. The first-order valence-electron chi connectivity index (χ1n) is 6.47. The normalized spacial score (nSPS) is 13.2. The lowest BCUT2D eigenvalue weighted by molar-refractivity contribution is -0.142. The van der Waals surface area contributed by atoms with Gasteiger partial charge < -0.3 is 10.0 Å². The van der Waals surface area contributed by atoms with Gasteiger partial charge in [-0.15, -0.1) is 0 Å². The summed E-state index contributed by atoms with van der Waals surface area (Å²) in [7, 11) is 1.60. The van der Waals surface area contributed by atoms with Crippen molar-refractivity contribution in [3.8, 4) is 0 Å². The first kappa shape index (κ1) is 15.6. The van der Waals surface area contributed by atoms with Crippen LogP contribution in [0.3, 0.4) is 0 Å². The molecule has 1 atom stereocenters. The third-order valence-electron chi connectivity index (χ3n) is 3.69. The summed E-state index contributed by atoms with van der Waals surface area (Å²) in [5, 5.41) is 9.50. The standard InChI is InChI=1S/C15H22FNO2/c1-5-15(2,3)14(19)17(4)13(10-18)11-8-6-7-9-12(11)16/h6-9,13,18H,5,10H2,1-4H3/t13-/m0/s1. The van der Waals surface area contributed by atoms with E-state index in [1.807, 2.05) is 20.8 Å². The molecule has 1 amide bonds. The number of rotatable bonds is 5. The molecule has 0 heterocycles. The van der Waals surface area contributed by atoms with E-state index in [1.54, 1.807) is 25.2 Å². The highest BCUT2D eigenvalue weighted by Gasteiger charge is 2.33. The summed E-state index contributed by atoms with van der Waals surface area (Å²) in [4.78, 5) is 13.8. The summed E-state index contributed by atoms with van der Waals surface area (Å²) in [6.07, 6.45) is 0.686. The summed E-state index contributed by atoms with van der Waals surface area (Å²) < 4.78 is 13.8. The molecule has 1 N–H and O–H groups in total. The van der Waals surface area contributed by atoms with E-state index >= 15 is 0 Å². The minimum absolute atomic E-state index is 0.0997. The topological polar surface area (TPSA) is 40.5 Å². The maximum Gasteiger partial charge on any atom is 0.228 e. The fourth-order valence-electron chi connectivity index (χ4n) is 1.94. The van der Waals surface area contributed by atoms with Crippen LogP contribution >= 0.6 is 0 Å². The van der Waals surface area contributed by atoms with Gasteiger partial charge in [-0.05, 0) is 12.5 Å². The molecule has 0 bridgehead atoms. The third kappa shape index (κ3) is 3.32. The molecular formula is C15H22FNO2. The van der Waals surface area contributed by atoms with Gasteiger partial charge in [-0.25, -0.2) is 4.39 Å². The van der Waals surface area contributed by atoms with Gasteiger partial charge in [0.15, 0.2) is 0 Å². The SMILES string of the molecule is CCC(C)(C)C(=O)N(C)[C@@H](CO)c1ccccc1F. The minimum Gasteiger partial charge on any atom is -0.394 e. The number of aliphatic hydroxyl groups excluding tert-OH is 1. The van der Waals surface area contributed by atoms with Crippen LogP contribution in [0.1, 0.15) is 38.8 Å². The van der Waals surface area contributed by atoms with Gasteiger partial charge in [0.2, 0.25) is 5.91 Å². The van der Waals surface area contributed by atoms with E-state index in [9.17, 15) is 14.3 Å². The molecule has 0 saturated carbocycles. The number of aliphatic hydroxyl groups is 1. The average Bonchev–Trinajstić information content (AvgIpc) is 2.40. The fourth-order valence-corrected chi connectivity index (χ4v) is 1.94. The number of amides is 1. The van der Waals surface area contributed by atoms with Crippen LogP contribution < -0.4 is 0 Å². The van der Waals surface area contributed by atoms with Gasteiger partial charge in [0, 0.05) is 18.0 Å². The van der Waals surface area contributed by atoms with E-state index in [4.69, 9.17) is 0 Å². The number of hydrogen-bond acceptors (Lipinski definition) is 2. The number of likely N-dealkylation sites (N-methyl/N-ethyl adjacent to an activating group) is 1. The quantitative estimate of drug-likeness (QED) is 0.891. The van der Waals surface area contributed by atoms with Crippen LogP contribution in [-0.2, 0) is 4.79 Å². The second-order valence-corrected chi connectivity index (χ2v) is 5.37. The van der Waals surface area contributed by atoms with Crippen molar-refractivity contribution in [2.45, 2.75) is 33.2 Å². The van der Waals surface area contributed by atoms with Gasteiger partial charge in [-0.3, -0.25) is 4.79 Å². The van der Waals surface area contributed by atoms with Gasteiger partial charge in [-0.2, -0.15) is 0 Å². The molecule has 0 radical (unpaired) electrons. The smallest absolute Gasteiger partial charge is 0.228 e. The van der Waals surface area contributed by atoms with Crippen molar-refractivity contribution in [3.63, 3.8) is 0 Å².